The molecular weight excluding hydrogens is 330 g/mol. The lowest BCUT2D eigenvalue weighted by molar-refractivity contribution is 0.0939. The molecule has 0 heterocycles. The molecule has 1 unspecified atom stereocenters. The van der Waals surface area contributed by atoms with Crippen molar-refractivity contribution in [2.45, 2.75) is 39.7 Å². The molecule has 1 atom stereocenters. The number of aryl methyl sites for hydroxylation is 4. The summed E-state index contributed by atoms with van der Waals surface area (Å²) in [7, 11) is 0. The van der Waals surface area contributed by atoms with Crippen LogP contribution < -0.4 is 5.32 Å². The quantitative estimate of drug-likeness (QED) is 0.613. The van der Waals surface area contributed by atoms with E-state index in [0.29, 0.717) is 0 Å². The number of carbonyl (C=O) groups excluding carboxylic acids is 1. The molecule has 0 saturated heterocycles. The molecule has 2 nitrogen and oxygen atoms in total. The van der Waals surface area contributed by atoms with Crippen LogP contribution in [0.2, 0.25) is 0 Å². The first kappa shape index (κ1) is 18.9. The molecule has 0 fully saturated rings. The largest absolute Gasteiger partial charge is 0.346 e. The molecule has 1 N–H and O–H groups in total. The Hall–Kier alpha value is -2.87. The number of rotatable bonds is 6. The zero-order valence-electron chi connectivity index (χ0n) is 16.3. The summed E-state index contributed by atoms with van der Waals surface area (Å²) in [5.74, 6) is -0.00982. The van der Waals surface area contributed by atoms with Gasteiger partial charge in [-0.3, -0.25) is 4.79 Å². The number of amides is 1. The monoisotopic (exact) mass is 357 g/mol. The van der Waals surface area contributed by atoms with Gasteiger partial charge in [0, 0.05) is 5.56 Å². The van der Waals surface area contributed by atoms with Crippen LogP contribution in [0.5, 0.6) is 0 Å². The standard InChI is InChI=1S/C25H27NO/c1-18-13-15-23(17-19(18)2)20(3)26-25(27)24-12-8-7-11-22(24)16-14-21-9-5-4-6-10-21/h4-13,15,17,20H,14,16H2,1-3H3,(H,26,27). The molecule has 0 aliphatic heterocycles. The molecule has 3 rings (SSSR count). The maximum absolute atomic E-state index is 12.9. The predicted octanol–water partition coefficient (Wildman–Crippen LogP) is 5.58. The van der Waals surface area contributed by atoms with Gasteiger partial charge in [-0.15, -0.1) is 0 Å². The fourth-order valence-electron chi connectivity index (χ4n) is 3.28. The van der Waals surface area contributed by atoms with E-state index in [4.69, 9.17) is 0 Å². The van der Waals surface area contributed by atoms with E-state index in [9.17, 15) is 4.79 Å². The zero-order chi connectivity index (χ0) is 19.2. The molecule has 2 heteroatoms. The average Bonchev–Trinajstić information content (AvgIpc) is 2.69. The second-order valence-corrected chi connectivity index (χ2v) is 7.18. The number of benzene rings is 3. The van der Waals surface area contributed by atoms with Gasteiger partial charge in [-0.1, -0.05) is 66.7 Å². The van der Waals surface area contributed by atoms with E-state index in [1.54, 1.807) is 0 Å². The fraction of sp³-hybridized carbons (Fsp3) is 0.240. The van der Waals surface area contributed by atoms with Gasteiger partial charge in [-0.25, -0.2) is 0 Å². The highest BCUT2D eigenvalue weighted by Gasteiger charge is 2.15. The minimum Gasteiger partial charge on any atom is -0.346 e. The molecular formula is C25H27NO. The van der Waals surface area contributed by atoms with Crippen LogP contribution in [0.1, 0.15) is 51.1 Å². The predicted molar refractivity (Wildman–Crippen MR) is 112 cm³/mol. The van der Waals surface area contributed by atoms with Gasteiger partial charge in [0.15, 0.2) is 0 Å². The first-order valence-electron chi connectivity index (χ1n) is 9.54. The van der Waals surface area contributed by atoms with E-state index in [1.165, 1.54) is 16.7 Å². The van der Waals surface area contributed by atoms with E-state index in [2.05, 4.69) is 67.7 Å². The van der Waals surface area contributed by atoms with Crippen LogP contribution in [0, 0.1) is 13.8 Å². The molecule has 0 spiro atoms. The van der Waals surface area contributed by atoms with Crippen LogP contribution in [-0.2, 0) is 12.8 Å². The lowest BCUT2D eigenvalue weighted by atomic mass is 9.98. The number of hydrogen-bond donors (Lipinski definition) is 1. The van der Waals surface area contributed by atoms with Crippen LogP contribution in [-0.4, -0.2) is 5.91 Å². The van der Waals surface area contributed by atoms with Gasteiger partial charge in [-0.05, 0) is 67.5 Å². The summed E-state index contributed by atoms with van der Waals surface area (Å²) >= 11 is 0. The Balaban J connectivity index is 1.71. The summed E-state index contributed by atoms with van der Waals surface area (Å²) in [4.78, 5) is 12.9. The van der Waals surface area contributed by atoms with Crippen LogP contribution in [0.3, 0.4) is 0 Å². The van der Waals surface area contributed by atoms with Gasteiger partial charge in [-0.2, -0.15) is 0 Å². The van der Waals surface area contributed by atoms with Gasteiger partial charge in [0.25, 0.3) is 5.91 Å². The van der Waals surface area contributed by atoms with E-state index < -0.39 is 0 Å². The topological polar surface area (TPSA) is 29.1 Å². The average molecular weight is 357 g/mol. The van der Waals surface area contributed by atoms with Crippen molar-refractivity contribution in [2.24, 2.45) is 0 Å². The highest BCUT2D eigenvalue weighted by Crippen LogP contribution is 2.19. The first-order valence-corrected chi connectivity index (χ1v) is 9.54. The lowest BCUT2D eigenvalue weighted by Gasteiger charge is -2.17. The van der Waals surface area contributed by atoms with Crippen LogP contribution >= 0.6 is 0 Å². The van der Waals surface area contributed by atoms with Gasteiger partial charge in [0.1, 0.15) is 0 Å². The molecule has 0 aromatic heterocycles. The smallest absolute Gasteiger partial charge is 0.252 e. The van der Waals surface area contributed by atoms with Crippen molar-refractivity contribution >= 4 is 5.91 Å². The number of hydrogen-bond acceptors (Lipinski definition) is 1. The Morgan fingerprint density at radius 1 is 0.852 bits per heavy atom. The maximum atomic E-state index is 12.9. The third-order valence-corrected chi connectivity index (χ3v) is 5.17. The zero-order valence-corrected chi connectivity index (χ0v) is 16.3. The first-order chi connectivity index (χ1) is 13.0. The van der Waals surface area contributed by atoms with Crippen molar-refractivity contribution in [1.82, 2.24) is 5.32 Å². The third-order valence-electron chi connectivity index (χ3n) is 5.17. The Kier molecular flexibility index (Phi) is 6.08. The van der Waals surface area contributed by atoms with Gasteiger partial charge in [0.2, 0.25) is 0 Å². The molecule has 0 aliphatic rings. The molecule has 3 aromatic carbocycles. The molecule has 138 valence electrons. The van der Waals surface area contributed by atoms with Crippen molar-refractivity contribution in [3.63, 3.8) is 0 Å². The summed E-state index contributed by atoms with van der Waals surface area (Å²) in [6, 6.07) is 24.6. The highest BCUT2D eigenvalue weighted by atomic mass is 16.1. The van der Waals surface area contributed by atoms with E-state index >= 15 is 0 Å². The second-order valence-electron chi connectivity index (χ2n) is 7.18. The minimum absolute atomic E-state index is 0.00982. The summed E-state index contributed by atoms with van der Waals surface area (Å²) in [5.41, 5.74) is 6.79. The van der Waals surface area contributed by atoms with Crippen molar-refractivity contribution in [2.75, 3.05) is 0 Å². The van der Waals surface area contributed by atoms with Crippen molar-refractivity contribution in [1.29, 1.82) is 0 Å². The SMILES string of the molecule is Cc1ccc(C(C)NC(=O)c2ccccc2CCc2ccccc2)cc1C. The van der Waals surface area contributed by atoms with Crippen LogP contribution in [0.25, 0.3) is 0 Å². The van der Waals surface area contributed by atoms with Crippen molar-refractivity contribution < 1.29 is 4.79 Å². The molecule has 3 aromatic rings. The van der Waals surface area contributed by atoms with Gasteiger partial charge >= 0.3 is 0 Å². The van der Waals surface area contributed by atoms with E-state index in [0.717, 1.165) is 29.5 Å². The summed E-state index contributed by atoms with van der Waals surface area (Å²) in [6.07, 6.45) is 1.78. The van der Waals surface area contributed by atoms with E-state index in [-0.39, 0.29) is 11.9 Å². The lowest BCUT2D eigenvalue weighted by Crippen LogP contribution is -2.27. The molecule has 0 aliphatic carbocycles. The normalized spacial score (nSPS) is 11.8. The maximum Gasteiger partial charge on any atom is 0.252 e. The minimum atomic E-state index is -0.0287. The van der Waals surface area contributed by atoms with Gasteiger partial charge < -0.3 is 5.32 Å². The van der Waals surface area contributed by atoms with Crippen LogP contribution in [0.15, 0.2) is 72.8 Å². The summed E-state index contributed by atoms with van der Waals surface area (Å²) in [5, 5.41) is 3.16. The Labute approximate surface area is 162 Å². The Morgan fingerprint density at radius 3 is 2.30 bits per heavy atom. The molecule has 27 heavy (non-hydrogen) atoms. The van der Waals surface area contributed by atoms with E-state index in [1.807, 2.05) is 31.2 Å². The number of nitrogens with one attached hydrogen (secondary N) is 1. The van der Waals surface area contributed by atoms with Crippen molar-refractivity contribution in [3.05, 3.63) is 106 Å². The number of carbonyl (C=O) groups is 1. The highest BCUT2D eigenvalue weighted by molar-refractivity contribution is 5.95. The summed E-state index contributed by atoms with van der Waals surface area (Å²) < 4.78 is 0. The van der Waals surface area contributed by atoms with Gasteiger partial charge in [0.05, 0.1) is 6.04 Å². The third kappa shape index (κ3) is 4.85. The second kappa shape index (κ2) is 8.68. The summed E-state index contributed by atoms with van der Waals surface area (Å²) in [6.45, 7) is 6.24. The molecule has 0 radical (unpaired) electrons. The Bertz CT molecular complexity index is 915. The fourth-order valence-corrected chi connectivity index (χ4v) is 3.28. The molecule has 1 amide bonds. The van der Waals surface area contributed by atoms with Crippen molar-refractivity contribution in [3.8, 4) is 0 Å². The van der Waals surface area contributed by atoms with Crippen LogP contribution in [0.4, 0.5) is 0 Å². The Morgan fingerprint density at radius 2 is 1.56 bits per heavy atom. The molecule has 0 bridgehead atoms. The molecule has 0 saturated carbocycles.